The van der Waals surface area contributed by atoms with Gasteiger partial charge in [-0.3, -0.25) is 9.59 Å². The van der Waals surface area contributed by atoms with Crippen molar-refractivity contribution in [1.82, 2.24) is 10.2 Å². The minimum absolute atomic E-state index is 0.175. The highest BCUT2D eigenvalue weighted by Gasteiger charge is 2.21. The van der Waals surface area contributed by atoms with Crippen molar-refractivity contribution < 1.29 is 14.0 Å². The molecule has 1 aromatic carbocycles. The molecule has 0 spiro atoms. The van der Waals surface area contributed by atoms with E-state index in [2.05, 4.69) is 19.2 Å². The Hall–Kier alpha value is -1.62. The summed E-state index contributed by atoms with van der Waals surface area (Å²) in [5.74, 6) is -1.09. The third-order valence-electron chi connectivity index (χ3n) is 4.75. The quantitative estimate of drug-likeness (QED) is 0.347. The topological polar surface area (TPSA) is 49.4 Å². The van der Waals surface area contributed by atoms with Crippen LogP contribution in [0.4, 0.5) is 4.39 Å². The van der Waals surface area contributed by atoms with Gasteiger partial charge in [-0.05, 0) is 30.5 Å². The molecule has 0 heterocycles. The normalized spacial score (nSPS) is 10.7. The fourth-order valence-corrected chi connectivity index (χ4v) is 3.18. The van der Waals surface area contributed by atoms with Crippen LogP contribution < -0.4 is 5.32 Å². The summed E-state index contributed by atoms with van der Waals surface area (Å²) in [6.07, 6.45) is 8.49. The molecule has 0 fully saturated rings. The second-order valence-corrected chi connectivity index (χ2v) is 7.56. The molecule has 2 amide bonds. The molecule has 0 unspecified atom stereocenters. The maximum absolute atomic E-state index is 12.9. The van der Waals surface area contributed by atoms with Gasteiger partial charge in [0.1, 0.15) is 6.67 Å². The molecular weight excluding hydrogens is 379 g/mol. The van der Waals surface area contributed by atoms with Crippen LogP contribution in [0.1, 0.15) is 76.3 Å². The lowest BCUT2D eigenvalue weighted by atomic mass is 10.1. The van der Waals surface area contributed by atoms with Gasteiger partial charge in [0, 0.05) is 30.2 Å². The van der Waals surface area contributed by atoms with E-state index in [0.717, 1.165) is 56.9 Å². The number of hydrogen-bond donors (Lipinski definition) is 1. The fraction of sp³-hybridized carbons (Fsp3) is 0.636. The Labute approximate surface area is 173 Å². The number of carbonyl (C=O) groups excluding carboxylic acids is 2. The Bertz CT molecular complexity index is 598. The van der Waals surface area contributed by atoms with Gasteiger partial charge in [-0.25, -0.2) is 4.39 Å². The highest BCUT2D eigenvalue weighted by atomic mass is 35.5. The Balaban J connectivity index is 2.59. The first-order valence-electron chi connectivity index (χ1n) is 10.4. The van der Waals surface area contributed by atoms with Crippen molar-refractivity contribution in [3.63, 3.8) is 0 Å². The molecule has 0 saturated carbocycles. The van der Waals surface area contributed by atoms with Crippen molar-refractivity contribution in [3.8, 4) is 0 Å². The van der Waals surface area contributed by atoms with E-state index in [1.165, 1.54) is 0 Å². The van der Waals surface area contributed by atoms with Gasteiger partial charge in [-0.1, -0.05) is 70.0 Å². The van der Waals surface area contributed by atoms with E-state index in [4.69, 9.17) is 11.6 Å². The summed E-state index contributed by atoms with van der Waals surface area (Å²) in [4.78, 5) is 26.6. The molecule has 0 aromatic heterocycles. The number of benzene rings is 1. The Morgan fingerprint density at radius 2 is 1.61 bits per heavy atom. The van der Waals surface area contributed by atoms with Crippen LogP contribution in [0.25, 0.3) is 0 Å². The van der Waals surface area contributed by atoms with Crippen molar-refractivity contribution in [2.45, 2.75) is 78.4 Å². The van der Waals surface area contributed by atoms with Crippen molar-refractivity contribution >= 4 is 23.4 Å². The predicted molar refractivity (Wildman–Crippen MR) is 113 cm³/mol. The zero-order chi connectivity index (χ0) is 20.8. The van der Waals surface area contributed by atoms with Crippen LogP contribution in [0, 0.1) is 0 Å². The summed E-state index contributed by atoms with van der Waals surface area (Å²) in [6, 6.07) is 4.94. The first kappa shape index (κ1) is 24.4. The van der Waals surface area contributed by atoms with Gasteiger partial charge in [0.2, 0.25) is 0 Å². The minimum atomic E-state index is -0.664. The van der Waals surface area contributed by atoms with E-state index in [0.29, 0.717) is 23.7 Å². The van der Waals surface area contributed by atoms with E-state index in [1.54, 1.807) is 23.1 Å². The lowest BCUT2D eigenvalue weighted by molar-refractivity contribution is -0.146. The number of hydrogen-bond acceptors (Lipinski definition) is 2. The molecule has 0 saturated heterocycles. The van der Waals surface area contributed by atoms with E-state index in [-0.39, 0.29) is 6.54 Å². The van der Waals surface area contributed by atoms with Crippen LogP contribution in [0.15, 0.2) is 18.2 Å². The average molecular weight is 413 g/mol. The molecule has 4 nitrogen and oxygen atoms in total. The van der Waals surface area contributed by atoms with E-state index in [1.807, 2.05) is 0 Å². The summed E-state index contributed by atoms with van der Waals surface area (Å²) in [5, 5.41) is 3.02. The zero-order valence-electron chi connectivity index (χ0n) is 17.2. The summed E-state index contributed by atoms with van der Waals surface area (Å²) >= 11 is 5.90. The second kappa shape index (κ2) is 14.4. The maximum Gasteiger partial charge on any atom is 0.311 e. The Morgan fingerprint density at radius 1 is 1.00 bits per heavy atom. The largest absolute Gasteiger partial charge is 0.344 e. The number of halogens is 2. The summed E-state index contributed by atoms with van der Waals surface area (Å²) in [5.41, 5.74) is 1.10. The molecule has 0 aliphatic carbocycles. The SMILES string of the molecule is CCCCCCN(CCCCCC)C(=O)C(=O)NCc1ccc(Cl)c(CF)c1. The standard InChI is InChI=1S/C22H34ClFN2O2/c1-3-5-7-9-13-26(14-10-8-6-4-2)22(28)21(27)25-17-18-11-12-20(23)19(15-18)16-24/h11-12,15H,3-10,13-14,16-17H2,1-2H3,(H,25,27). The second-order valence-electron chi connectivity index (χ2n) is 7.16. The molecule has 28 heavy (non-hydrogen) atoms. The molecular formula is C22H34ClFN2O2. The zero-order valence-corrected chi connectivity index (χ0v) is 18.0. The molecule has 6 heteroatoms. The highest BCUT2D eigenvalue weighted by Crippen LogP contribution is 2.18. The van der Waals surface area contributed by atoms with Crippen molar-refractivity contribution in [3.05, 3.63) is 34.3 Å². The van der Waals surface area contributed by atoms with E-state index < -0.39 is 18.5 Å². The number of alkyl halides is 1. The molecule has 0 aliphatic rings. The van der Waals surface area contributed by atoms with E-state index >= 15 is 0 Å². The number of amides is 2. The fourth-order valence-electron chi connectivity index (χ4n) is 3.02. The van der Waals surface area contributed by atoms with Crippen LogP contribution in [-0.2, 0) is 22.8 Å². The predicted octanol–water partition coefficient (Wildman–Crippen LogP) is 5.41. The van der Waals surface area contributed by atoms with Crippen molar-refractivity contribution in [2.75, 3.05) is 13.1 Å². The van der Waals surface area contributed by atoms with Gasteiger partial charge < -0.3 is 10.2 Å². The molecule has 1 N–H and O–H groups in total. The molecule has 0 aliphatic heterocycles. The van der Waals surface area contributed by atoms with Gasteiger partial charge >= 0.3 is 11.8 Å². The van der Waals surface area contributed by atoms with Crippen LogP contribution in [0.5, 0.6) is 0 Å². The minimum Gasteiger partial charge on any atom is -0.344 e. The van der Waals surface area contributed by atoms with Crippen LogP contribution in [-0.4, -0.2) is 29.8 Å². The number of rotatable bonds is 13. The van der Waals surface area contributed by atoms with E-state index in [9.17, 15) is 14.0 Å². The Kier molecular flexibility index (Phi) is 12.5. The number of nitrogens with zero attached hydrogens (tertiary/aromatic N) is 1. The summed E-state index contributed by atoms with van der Waals surface area (Å²) in [6.45, 7) is 5.03. The van der Waals surface area contributed by atoms with Gasteiger partial charge in [0.25, 0.3) is 0 Å². The number of nitrogens with one attached hydrogen (secondary N) is 1. The van der Waals surface area contributed by atoms with Crippen molar-refractivity contribution in [1.29, 1.82) is 0 Å². The monoisotopic (exact) mass is 412 g/mol. The van der Waals surface area contributed by atoms with Gasteiger partial charge in [-0.15, -0.1) is 0 Å². The molecule has 158 valence electrons. The molecule has 1 rings (SSSR count). The molecule has 1 aromatic rings. The van der Waals surface area contributed by atoms with Crippen molar-refractivity contribution in [2.24, 2.45) is 0 Å². The third kappa shape index (κ3) is 9.05. The molecule has 0 radical (unpaired) electrons. The van der Waals surface area contributed by atoms with Crippen LogP contribution in [0.2, 0.25) is 5.02 Å². The summed E-state index contributed by atoms with van der Waals surface area (Å²) in [7, 11) is 0. The van der Waals surface area contributed by atoms with Crippen LogP contribution >= 0.6 is 11.6 Å². The highest BCUT2D eigenvalue weighted by molar-refractivity contribution is 6.35. The number of unbranched alkanes of at least 4 members (excludes halogenated alkanes) is 6. The molecule has 0 bridgehead atoms. The first-order chi connectivity index (χ1) is 13.5. The lowest BCUT2D eigenvalue weighted by Crippen LogP contribution is -2.43. The first-order valence-corrected chi connectivity index (χ1v) is 10.8. The Morgan fingerprint density at radius 3 is 2.14 bits per heavy atom. The molecule has 0 atom stereocenters. The third-order valence-corrected chi connectivity index (χ3v) is 5.12. The smallest absolute Gasteiger partial charge is 0.311 e. The average Bonchev–Trinajstić information content (AvgIpc) is 2.71. The summed E-state index contributed by atoms with van der Waals surface area (Å²) < 4.78 is 12.9. The van der Waals surface area contributed by atoms with Gasteiger partial charge in [0.15, 0.2) is 0 Å². The maximum atomic E-state index is 12.9. The number of carbonyl (C=O) groups is 2. The van der Waals surface area contributed by atoms with Gasteiger partial charge in [0.05, 0.1) is 0 Å². The van der Waals surface area contributed by atoms with Gasteiger partial charge in [-0.2, -0.15) is 0 Å². The lowest BCUT2D eigenvalue weighted by Gasteiger charge is -2.22. The van der Waals surface area contributed by atoms with Crippen LogP contribution in [0.3, 0.4) is 0 Å².